The number of halogens is 1. The third-order valence-corrected chi connectivity index (χ3v) is 3.64. The van der Waals surface area contributed by atoms with Crippen molar-refractivity contribution in [2.45, 2.75) is 19.9 Å². The number of carboxylic acids is 1. The number of carbonyl (C=O) groups is 3. The average molecular weight is 374 g/mol. The third kappa shape index (κ3) is 5.53. The van der Waals surface area contributed by atoms with Crippen molar-refractivity contribution < 1.29 is 28.3 Å². The Morgan fingerprint density at radius 3 is 2.33 bits per heavy atom. The molecule has 1 atom stereocenters. The van der Waals surface area contributed by atoms with E-state index in [1.807, 2.05) is 0 Å². The Morgan fingerprint density at radius 2 is 1.81 bits per heavy atom. The van der Waals surface area contributed by atoms with Crippen molar-refractivity contribution in [3.8, 4) is 0 Å². The highest BCUT2D eigenvalue weighted by molar-refractivity contribution is 6.05. The van der Waals surface area contributed by atoms with E-state index in [9.17, 15) is 23.9 Å². The van der Waals surface area contributed by atoms with Gasteiger partial charge in [0.15, 0.2) is 5.76 Å². The lowest BCUT2D eigenvalue weighted by Crippen LogP contribution is -2.47. The number of carbonyl (C=O) groups excluding carboxylic acids is 2. The first kappa shape index (κ1) is 19.9. The number of amides is 2. The lowest BCUT2D eigenvalue weighted by atomic mass is 10.0. The molecule has 0 aliphatic carbocycles. The molecule has 1 aromatic carbocycles. The Kier molecular flexibility index (Phi) is 6.48. The van der Waals surface area contributed by atoms with E-state index in [4.69, 9.17) is 4.42 Å². The molecule has 27 heavy (non-hydrogen) atoms. The molecule has 8 heteroatoms. The summed E-state index contributed by atoms with van der Waals surface area (Å²) in [5.41, 5.74) is 0.243. The summed E-state index contributed by atoms with van der Waals surface area (Å²) in [5.74, 6) is -3.52. The number of aliphatic carboxylic acids is 1. The quantitative estimate of drug-likeness (QED) is 0.645. The van der Waals surface area contributed by atoms with Crippen LogP contribution in [0.1, 0.15) is 30.0 Å². The van der Waals surface area contributed by atoms with E-state index < -0.39 is 29.6 Å². The Labute approximate surface area is 154 Å². The molecule has 1 heterocycles. The van der Waals surface area contributed by atoms with E-state index >= 15 is 0 Å². The summed E-state index contributed by atoms with van der Waals surface area (Å²) in [6.07, 6.45) is 2.62. The second kappa shape index (κ2) is 8.79. The van der Waals surface area contributed by atoms with E-state index in [0.717, 1.165) is 0 Å². The van der Waals surface area contributed by atoms with Gasteiger partial charge in [0.2, 0.25) is 0 Å². The van der Waals surface area contributed by atoms with Gasteiger partial charge in [-0.25, -0.2) is 9.18 Å². The number of benzene rings is 1. The molecule has 2 aromatic rings. The molecule has 0 aliphatic heterocycles. The maximum atomic E-state index is 13.1. The molecule has 142 valence electrons. The Morgan fingerprint density at radius 1 is 1.15 bits per heavy atom. The van der Waals surface area contributed by atoms with Crippen LogP contribution in [0.5, 0.6) is 0 Å². The Hall–Kier alpha value is -3.42. The van der Waals surface area contributed by atoms with Crippen LogP contribution in [-0.2, 0) is 9.59 Å². The van der Waals surface area contributed by atoms with Gasteiger partial charge in [-0.2, -0.15) is 0 Å². The molecule has 0 bridgehead atoms. The van der Waals surface area contributed by atoms with Crippen LogP contribution in [0.15, 0.2) is 52.8 Å². The number of carboxylic acid groups (broad SMARTS) is 1. The zero-order chi connectivity index (χ0) is 20.0. The Balaban J connectivity index is 2.30. The van der Waals surface area contributed by atoms with Gasteiger partial charge in [0, 0.05) is 0 Å². The average Bonchev–Trinajstić information content (AvgIpc) is 3.14. The monoisotopic (exact) mass is 374 g/mol. The number of nitrogens with one attached hydrogen (secondary N) is 2. The second-order valence-electron chi connectivity index (χ2n) is 6.07. The van der Waals surface area contributed by atoms with Gasteiger partial charge in [0.05, 0.1) is 6.26 Å². The predicted octanol–water partition coefficient (Wildman–Crippen LogP) is 2.42. The molecular weight excluding hydrogens is 355 g/mol. The maximum absolute atomic E-state index is 13.1. The van der Waals surface area contributed by atoms with E-state index in [2.05, 4.69) is 10.6 Å². The number of furan rings is 1. The third-order valence-electron chi connectivity index (χ3n) is 3.64. The number of rotatable bonds is 7. The minimum absolute atomic E-state index is 0.0218. The zero-order valence-electron chi connectivity index (χ0n) is 14.7. The maximum Gasteiger partial charge on any atom is 0.326 e. The fourth-order valence-corrected chi connectivity index (χ4v) is 2.21. The minimum Gasteiger partial charge on any atom is -0.480 e. The lowest BCUT2D eigenvalue weighted by molar-refractivity contribution is -0.142. The molecule has 0 unspecified atom stereocenters. The highest BCUT2D eigenvalue weighted by atomic mass is 19.1. The van der Waals surface area contributed by atoms with Gasteiger partial charge in [0.1, 0.15) is 17.6 Å². The molecule has 0 spiro atoms. The van der Waals surface area contributed by atoms with Crippen LogP contribution in [0.25, 0.3) is 6.08 Å². The first-order chi connectivity index (χ1) is 12.8. The van der Waals surface area contributed by atoms with Gasteiger partial charge >= 0.3 is 5.97 Å². The molecule has 0 aliphatic rings. The van der Waals surface area contributed by atoms with Crippen molar-refractivity contribution in [2.24, 2.45) is 5.92 Å². The first-order valence-corrected chi connectivity index (χ1v) is 8.13. The lowest BCUT2D eigenvalue weighted by Gasteiger charge is -2.19. The van der Waals surface area contributed by atoms with Crippen molar-refractivity contribution in [3.63, 3.8) is 0 Å². The second-order valence-corrected chi connectivity index (χ2v) is 6.07. The molecule has 0 saturated heterocycles. The van der Waals surface area contributed by atoms with Crippen LogP contribution < -0.4 is 10.6 Å². The van der Waals surface area contributed by atoms with Crippen LogP contribution in [0.2, 0.25) is 0 Å². The largest absolute Gasteiger partial charge is 0.480 e. The van der Waals surface area contributed by atoms with Crippen LogP contribution in [0.4, 0.5) is 4.39 Å². The molecule has 2 amide bonds. The van der Waals surface area contributed by atoms with Crippen LogP contribution in [-0.4, -0.2) is 28.9 Å². The van der Waals surface area contributed by atoms with Crippen molar-refractivity contribution in [1.82, 2.24) is 10.6 Å². The summed E-state index contributed by atoms with van der Waals surface area (Å²) in [5, 5.41) is 14.0. The topological polar surface area (TPSA) is 109 Å². The van der Waals surface area contributed by atoms with Crippen molar-refractivity contribution in [3.05, 3.63) is 65.5 Å². The normalized spacial score (nSPS) is 12.5. The molecule has 3 N–H and O–H groups in total. The summed E-state index contributed by atoms with van der Waals surface area (Å²) >= 11 is 0. The summed E-state index contributed by atoms with van der Waals surface area (Å²) < 4.78 is 18.1. The van der Waals surface area contributed by atoms with Crippen molar-refractivity contribution >= 4 is 23.9 Å². The molecule has 0 fully saturated rings. The molecule has 2 rings (SSSR count). The smallest absolute Gasteiger partial charge is 0.326 e. The summed E-state index contributed by atoms with van der Waals surface area (Å²) in [6, 6.07) is 7.01. The fourth-order valence-electron chi connectivity index (χ4n) is 2.21. The van der Waals surface area contributed by atoms with Crippen molar-refractivity contribution in [1.29, 1.82) is 0 Å². The van der Waals surface area contributed by atoms with Gasteiger partial charge in [0.25, 0.3) is 11.8 Å². The molecule has 0 radical (unpaired) electrons. The zero-order valence-corrected chi connectivity index (χ0v) is 14.7. The van der Waals surface area contributed by atoms with Gasteiger partial charge in [-0.3, -0.25) is 9.59 Å². The van der Waals surface area contributed by atoms with Gasteiger partial charge in [-0.05, 0) is 41.8 Å². The van der Waals surface area contributed by atoms with E-state index in [0.29, 0.717) is 5.56 Å². The SMILES string of the molecule is CC(C)[C@H](NC(=O)/C(=C/c1ccc(F)cc1)NC(=O)c1ccco1)C(=O)O. The molecular formula is C19H19FN2O5. The summed E-state index contributed by atoms with van der Waals surface area (Å²) in [4.78, 5) is 36.1. The molecule has 1 aromatic heterocycles. The standard InChI is InChI=1S/C19H19FN2O5/c1-11(2)16(19(25)26)22-17(23)14(10-12-5-7-13(20)8-6-12)21-18(24)15-4-3-9-27-15/h3-11,16H,1-2H3,(H,21,24)(H,22,23)(H,25,26)/b14-10-/t16-/m0/s1. The highest BCUT2D eigenvalue weighted by Gasteiger charge is 2.26. The van der Waals surface area contributed by atoms with E-state index in [1.54, 1.807) is 13.8 Å². The van der Waals surface area contributed by atoms with Gasteiger partial charge < -0.3 is 20.2 Å². The summed E-state index contributed by atoms with van der Waals surface area (Å²) in [6.45, 7) is 3.29. The highest BCUT2D eigenvalue weighted by Crippen LogP contribution is 2.10. The predicted molar refractivity (Wildman–Crippen MR) is 95.0 cm³/mol. The fraction of sp³-hybridized carbons (Fsp3) is 0.211. The number of hydrogen-bond donors (Lipinski definition) is 3. The van der Waals surface area contributed by atoms with Crippen molar-refractivity contribution in [2.75, 3.05) is 0 Å². The summed E-state index contributed by atoms with van der Waals surface area (Å²) in [7, 11) is 0. The number of hydrogen-bond acceptors (Lipinski definition) is 4. The molecule has 0 saturated carbocycles. The van der Waals surface area contributed by atoms with Crippen LogP contribution >= 0.6 is 0 Å². The van der Waals surface area contributed by atoms with E-state index in [-0.39, 0.29) is 17.4 Å². The minimum atomic E-state index is -1.20. The van der Waals surface area contributed by atoms with Gasteiger partial charge in [-0.15, -0.1) is 0 Å². The Bertz CT molecular complexity index is 841. The molecule has 7 nitrogen and oxygen atoms in total. The van der Waals surface area contributed by atoms with E-state index in [1.165, 1.54) is 48.7 Å². The first-order valence-electron chi connectivity index (χ1n) is 8.13. The van der Waals surface area contributed by atoms with Crippen LogP contribution in [0.3, 0.4) is 0 Å². The van der Waals surface area contributed by atoms with Crippen LogP contribution in [0, 0.1) is 11.7 Å². The van der Waals surface area contributed by atoms with Gasteiger partial charge in [-0.1, -0.05) is 26.0 Å².